The molecule has 3 nitrogen and oxygen atoms in total. The fraction of sp³-hybridized carbons (Fsp3) is 0.238. The topological polar surface area (TPSA) is 52.9 Å². The van der Waals surface area contributed by atoms with Crippen LogP contribution in [0.4, 0.5) is 5.69 Å². The summed E-state index contributed by atoms with van der Waals surface area (Å²) in [6.07, 6.45) is 1.61. The second-order valence-electron chi connectivity index (χ2n) is 6.32. The van der Waals surface area contributed by atoms with Gasteiger partial charge in [0.1, 0.15) is 11.6 Å². The minimum absolute atomic E-state index is 0.0893. The molecule has 2 rings (SSSR count). The van der Waals surface area contributed by atoms with Crippen LogP contribution in [0.5, 0.6) is 0 Å². The van der Waals surface area contributed by atoms with Gasteiger partial charge in [0.05, 0.1) is 0 Å². The molecule has 2 aromatic carbocycles. The number of nitriles is 1. The van der Waals surface area contributed by atoms with Gasteiger partial charge in [-0.3, -0.25) is 4.79 Å². The Labute approximate surface area is 143 Å². The van der Waals surface area contributed by atoms with Crippen molar-refractivity contribution in [2.45, 2.75) is 33.6 Å². The zero-order chi connectivity index (χ0) is 17.7. The molecule has 3 heteroatoms. The molecule has 1 amide bonds. The van der Waals surface area contributed by atoms with Gasteiger partial charge in [0.25, 0.3) is 5.91 Å². The molecular formula is C21H22N2O. The van der Waals surface area contributed by atoms with Gasteiger partial charge in [-0.05, 0) is 60.2 Å². The molecule has 0 aliphatic carbocycles. The molecule has 0 saturated heterocycles. The van der Waals surface area contributed by atoms with Gasteiger partial charge in [-0.2, -0.15) is 5.26 Å². The molecular weight excluding hydrogens is 296 g/mol. The first-order valence-corrected chi connectivity index (χ1v) is 8.00. The van der Waals surface area contributed by atoms with Crippen molar-refractivity contribution in [1.82, 2.24) is 0 Å². The summed E-state index contributed by atoms with van der Waals surface area (Å²) < 4.78 is 0. The lowest BCUT2D eigenvalue weighted by Crippen LogP contribution is -2.13. The van der Waals surface area contributed by atoms with E-state index in [1.165, 1.54) is 5.56 Å². The predicted molar refractivity (Wildman–Crippen MR) is 98.7 cm³/mol. The smallest absolute Gasteiger partial charge is 0.266 e. The number of amides is 1. The Morgan fingerprint density at radius 2 is 1.67 bits per heavy atom. The zero-order valence-electron chi connectivity index (χ0n) is 14.6. The van der Waals surface area contributed by atoms with Crippen molar-refractivity contribution in [3.63, 3.8) is 0 Å². The molecule has 0 aliphatic heterocycles. The van der Waals surface area contributed by atoms with E-state index < -0.39 is 5.91 Å². The number of aryl methyl sites for hydroxylation is 2. The summed E-state index contributed by atoms with van der Waals surface area (Å²) in [4.78, 5) is 12.3. The van der Waals surface area contributed by atoms with E-state index in [2.05, 4.69) is 19.2 Å². The second-order valence-corrected chi connectivity index (χ2v) is 6.32. The zero-order valence-corrected chi connectivity index (χ0v) is 14.6. The molecule has 0 heterocycles. The Bertz CT molecular complexity index is 788. The van der Waals surface area contributed by atoms with Crippen LogP contribution < -0.4 is 5.32 Å². The summed E-state index contributed by atoms with van der Waals surface area (Å²) in [7, 11) is 0. The van der Waals surface area contributed by atoms with Crippen molar-refractivity contribution in [3.8, 4) is 6.07 Å². The highest BCUT2D eigenvalue weighted by atomic mass is 16.1. The van der Waals surface area contributed by atoms with Crippen LogP contribution >= 0.6 is 0 Å². The molecule has 0 radical (unpaired) electrons. The van der Waals surface area contributed by atoms with E-state index in [0.717, 1.165) is 16.7 Å². The van der Waals surface area contributed by atoms with Crippen molar-refractivity contribution in [3.05, 3.63) is 70.3 Å². The van der Waals surface area contributed by atoms with E-state index in [-0.39, 0.29) is 5.57 Å². The molecule has 0 saturated carbocycles. The summed E-state index contributed by atoms with van der Waals surface area (Å²) >= 11 is 0. The molecule has 122 valence electrons. The molecule has 0 aromatic heterocycles. The highest BCUT2D eigenvalue weighted by molar-refractivity contribution is 6.09. The van der Waals surface area contributed by atoms with Crippen molar-refractivity contribution in [2.75, 3.05) is 5.32 Å². The van der Waals surface area contributed by atoms with Gasteiger partial charge in [-0.1, -0.05) is 44.2 Å². The Balaban J connectivity index is 2.20. The average Bonchev–Trinajstić information content (AvgIpc) is 2.51. The van der Waals surface area contributed by atoms with E-state index in [1.807, 2.05) is 62.4 Å². The van der Waals surface area contributed by atoms with Crippen LogP contribution in [0.15, 0.2) is 48.0 Å². The Morgan fingerprint density at radius 1 is 1.08 bits per heavy atom. The standard InChI is InChI=1S/C21H22N2O/c1-14(2)18-7-5-17(6-8-18)12-19(13-22)21(24)23-20-10-15(3)9-16(4)11-20/h5-12,14H,1-4H3,(H,23,24)/b19-12+. The third-order valence-corrected chi connectivity index (χ3v) is 3.76. The number of carbonyl (C=O) groups excluding carboxylic acids is 1. The molecule has 24 heavy (non-hydrogen) atoms. The van der Waals surface area contributed by atoms with Gasteiger partial charge in [-0.25, -0.2) is 0 Å². The van der Waals surface area contributed by atoms with Gasteiger partial charge < -0.3 is 5.32 Å². The van der Waals surface area contributed by atoms with Crippen LogP contribution in [0.2, 0.25) is 0 Å². The van der Waals surface area contributed by atoms with Crippen molar-refractivity contribution in [2.24, 2.45) is 0 Å². The third kappa shape index (κ3) is 4.57. The monoisotopic (exact) mass is 318 g/mol. The van der Waals surface area contributed by atoms with E-state index in [1.54, 1.807) is 6.08 Å². The molecule has 0 unspecified atom stereocenters. The van der Waals surface area contributed by atoms with Crippen LogP contribution in [-0.2, 0) is 4.79 Å². The molecule has 0 bridgehead atoms. The number of benzene rings is 2. The van der Waals surface area contributed by atoms with Gasteiger partial charge in [0.15, 0.2) is 0 Å². The third-order valence-electron chi connectivity index (χ3n) is 3.76. The average molecular weight is 318 g/mol. The first-order valence-electron chi connectivity index (χ1n) is 8.00. The van der Waals surface area contributed by atoms with Crippen LogP contribution in [0.25, 0.3) is 6.08 Å². The van der Waals surface area contributed by atoms with Gasteiger partial charge >= 0.3 is 0 Å². The highest BCUT2D eigenvalue weighted by Crippen LogP contribution is 2.18. The number of anilines is 1. The normalized spacial score (nSPS) is 11.2. The van der Waals surface area contributed by atoms with Crippen LogP contribution in [-0.4, -0.2) is 5.91 Å². The largest absolute Gasteiger partial charge is 0.321 e. The summed E-state index contributed by atoms with van der Waals surface area (Å²) in [5.41, 5.74) is 4.99. The number of hydrogen-bond acceptors (Lipinski definition) is 2. The van der Waals surface area contributed by atoms with E-state index in [4.69, 9.17) is 0 Å². The predicted octanol–water partition coefficient (Wildman–Crippen LogP) is 4.97. The maximum Gasteiger partial charge on any atom is 0.266 e. The van der Waals surface area contributed by atoms with Crippen LogP contribution in [0, 0.1) is 25.2 Å². The molecule has 0 fully saturated rings. The highest BCUT2D eigenvalue weighted by Gasteiger charge is 2.10. The molecule has 2 aromatic rings. The summed E-state index contributed by atoms with van der Waals surface area (Å²) in [6.45, 7) is 8.20. The Hall–Kier alpha value is -2.86. The lowest BCUT2D eigenvalue weighted by Gasteiger charge is -2.07. The van der Waals surface area contributed by atoms with Crippen molar-refractivity contribution >= 4 is 17.7 Å². The molecule has 0 aliphatic rings. The summed E-state index contributed by atoms with van der Waals surface area (Å²) in [6, 6.07) is 15.7. The second kappa shape index (κ2) is 7.61. The lowest BCUT2D eigenvalue weighted by molar-refractivity contribution is -0.112. The van der Waals surface area contributed by atoms with E-state index in [9.17, 15) is 10.1 Å². The number of hydrogen-bond donors (Lipinski definition) is 1. The molecule has 0 spiro atoms. The lowest BCUT2D eigenvalue weighted by atomic mass is 10.0. The number of nitrogens with zero attached hydrogens (tertiary/aromatic N) is 1. The molecule has 1 N–H and O–H groups in total. The van der Waals surface area contributed by atoms with Crippen LogP contribution in [0.1, 0.15) is 42.0 Å². The minimum Gasteiger partial charge on any atom is -0.321 e. The summed E-state index contributed by atoms with van der Waals surface area (Å²) in [5, 5.41) is 12.1. The van der Waals surface area contributed by atoms with Crippen LogP contribution in [0.3, 0.4) is 0 Å². The van der Waals surface area contributed by atoms with Gasteiger partial charge in [0.2, 0.25) is 0 Å². The van der Waals surface area contributed by atoms with Gasteiger partial charge in [0, 0.05) is 5.69 Å². The van der Waals surface area contributed by atoms with Crippen molar-refractivity contribution in [1.29, 1.82) is 5.26 Å². The quantitative estimate of drug-likeness (QED) is 0.639. The van der Waals surface area contributed by atoms with Gasteiger partial charge in [-0.15, -0.1) is 0 Å². The fourth-order valence-corrected chi connectivity index (χ4v) is 2.54. The molecule has 0 atom stereocenters. The van der Waals surface area contributed by atoms with E-state index >= 15 is 0 Å². The number of rotatable bonds is 4. The number of carbonyl (C=O) groups is 1. The fourth-order valence-electron chi connectivity index (χ4n) is 2.54. The Kier molecular flexibility index (Phi) is 5.55. The van der Waals surface area contributed by atoms with Crippen molar-refractivity contribution < 1.29 is 4.79 Å². The minimum atomic E-state index is -0.393. The SMILES string of the molecule is Cc1cc(C)cc(NC(=O)/C(C#N)=C/c2ccc(C(C)C)cc2)c1. The first-order chi connectivity index (χ1) is 11.4. The first kappa shape index (κ1) is 17.5. The Morgan fingerprint density at radius 3 is 2.17 bits per heavy atom. The van der Waals surface area contributed by atoms with E-state index in [0.29, 0.717) is 11.6 Å². The maximum atomic E-state index is 12.3. The number of nitrogens with one attached hydrogen (secondary N) is 1. The maximum absolute atomic E-state index is 12.3. The summed E-state index contributed by atoms with van der Waals surface area (Å²) in [5.74, 6) is 0.0572.